The van der Waals surface area contributed by atoms with Crippen molar-refractivity contribution in [2.24, 2.45) is 35.5 Å². The Morgan fingerprint density at radius 1 is 0.769 bits per heavy atom. The van der Waals surface area contributed by atoms with E-state index in [1.807, 2.05) is 12.2 Å². The maximum absolute atomic E-state index is 3.85. The molecule has 0 nitrogen and oxygen atoms in total. The molecule has 1 heterocycles. The molecule has 0 bridgehead atoms. The maximum atomic E-state index is 3.85. The Kier molecular flexibility index (Phi) is 12.8. The van der Waals surface area contributed by atoms with Crippen molar-refractivity contribution >= 4 is 11.8 Å². The van der Waals surface area contributed by atoms with Gasteiger partial charge in [0.25, 0.3) is 0 Å². The Hall–Kier alpha value is -3.03. The van der Waals surface area contributed by atoms with E-state index in [1.54, 1.807) is 5.56 Å². The lowest BCUT2D eigenvalue weighted by Gasteiger charge is -2.53. The first-order valence-electron chi connectivity index (χ1n) is 21.0. The van der Waals surface area contributed by atoms with Crippen molar-refractivity contribution in [2.75, 3.05) is 5.75 Å². The van der Waals surface area contributed by atoms with Crippen LogP contribution in [0.15, 0.2) is 128 Å². The highest BCUT2D eigenvalue weighted by atomic mass is 32.2. The van der Waals surface area contributed by atoms with E-state index >= 15 is 0 Å². The van der Waals surface area contributed by atoms with Gasteiger partial charge in [0.15, 0.2) is 0 Å². The SMILES string of the molecule is C=C/C=C/CCC(C)CCc1ccc(C(c2ccccc2)(c2ccc(C3CCC3CC/C=C/C=C)cc2)C2CC(CC3SCC3C3CCC3)C2)cc1. The average molecular weight is 709 g/mol. The number of allylic oxidation sites excluding steroid dienone is 6. The van der Waals surface area contributed by atoms with Crippen LogP contribution in [0.3, 0.4) is 0 Å². The Morgan fingerprint density at radius 2 is 1.44 bits per heavy atom. The molecule has 1 aliphatic heterocycles. The van der Waals surface area contributed by atoms with Crippen LogP contribution < -0.4 is 0 Å². The fourth-order valence-corrected chi connectivity index (χ4v) is 11.9. The minimum Gasteiger partial charge on any atom is -0.158 e. The van der Waals surface area contributed by atoms with Gasteiger partial charge in [-0.1, -0.05) is 155 Å². The summed E-state index contributed by atoms with van der Waals surface area (Å²) in [5, 5.41) is 0.920. The van der Waals surface area contributed by atoms with E-state index in [9.17, 15) is 0 Å². The van der Waals surface area contributed by atoms with Gasteiger partial charge in [-0.2, -0.15) is 11.8 Å². The van der Waals surface area contributed by atoms with Crippen molar-refractivity contribution in [3.05, 3.63) is 156 Å². The standard InChI is InChI=1S/C51H64S/c1-4-6-8-11-16-38(3)22-23-39-24-29-45(30-25-39)51(44-20-13-10-14-21-44,47-34-40(35-47)36-50-49(37-52-50)41-18-15-19-41)46-31-26-43(27-32-46)48-33-28-42(48)17-12-9-7-5-2/h4-10,13-14,20-21,24-27,29-32,38,40-42,47-50H,1-2,11-12,15-19,22-23,28,33-37H2,3H3/b8-6+,9-7+. The van der Waals surface area contributed by atoms with Gasteiger partial charge in [0.2, 0.25) is 0 Å². The fraction of sp³-hybridized carbons (Fsp3) is 0.490. The molecule has 0 N–H and O–H groups in total. The Morgan fingerprint density at radius 3 is 2.04 bits per heavy atom. The molecule has 3 aliphatic carbocycles. The monoisotopic (exact) mass is 708 g/mol. The second-order valence-corrected chi connectivity index (χ2v) is 18.3. The lowest BCUT2D eigenvalue weighted by Crippen LogP contribution is -2.47. The summed E-state index contributed by atoms with van der Waals surface area (Å²) in [6.07, 6.45) is 31.0. The topological polar surface area (TPSA) is 0 Å². The van der Waals surface area contributed by atoms with E-state index in [4.69, 9.17) is 0 Å². The van der Waals surface area contributed by atoms with Crippen molar-refractivity contribution in [1.29, 1.82) is 0 Å². The second-order valence-electron chi connectivity index (χ2n) is 17.1. The predicted octanol–water partition coefficient (Wildman–Crippen LogP) is 14.1. The van der Waals surface area contributed by atoms with Crippen LogP contribution in [0.25, 0.3) is 0 Å². The van der Waals surface area contributed by atoms with E-state index in [0.717, 1.165) is 54.1 Å². The summed E-state index contributed by atoms with van der Waals surface area (Å²) in [5.74, 6) is 7.18. The Labute approximate surface area is 321 Å². The lowest BCUT2D eigenvalue weighted by molar-refractivity contribution is 0.112. The minimum atomic E-state index is -0.131. The molecule has 7 rings (SSSR count). The molecule has 274 valence electrons. The Bertz CT molecular complexity index is 1620. The van der Waals surface area contributed by atoms with Crippen LogP contribution >= 0.6 is 11.8 Å². The average Bonchev–Trinajstić information content (AvgIpc) is 3.12. The van der Waals surface area contributed by atoms with Crippen LogP contribution in [0.1, 0.15) is 124 Å². The quantitative estimate of drug-likeness (QED) is 0.0882. The van der Waals surface area contributed by atoms with Crippen LogP contribution in [0.4, 0.5) is 0 Å². The molecule has 1 saturated heterocycles. The predicted molar refractivity (Wildman–Crippen MR) is 227 cm³/mol. The molecule has 0 amide bonds. The lowest BCUT2D eigenvalue weighted by atomic mass is 9.52. The third-order valence-corrected chi connectivity index (χ3v) is 15.5. The highest BCUT2D eigenvalue weighted by Gasteiger charge is 2.51. The molecule has 0 spiro atoms. The van der Waals surface area contributed by atoms with Gasteiger partial charge in [-0.05, 0) is 146 Å². The molecule has 3 aromatic rings. The zero-order chi connectivity index (χ0) is 35.8. The van der Waals surface area contributed by atoms with Crippen LogP contribution in [0.2, 0.25) is 0 Å². The largest absolute Gasteiger partial charge is 0.158 e. The van der Waals surface area contributed by atoms with Gasteiger partial charge in [0.1, 0.15) is 0 Å². The van der Waals surface area contributed by atoms with Gasteiger partial charge in [-0.3, -0.25) is 0 Å². The van der Waals surface area contributed by atoms with Crippen molar-refractivity contribution in [3.8, 4) is 0 Å². The van der Waals surface area contributed by atoms with Gasteiger partial charge >= 0.3 is 0 Å². The number of rotatable bonds is 19. The van der Waals surface area contributed by atoms with Gasteiger partial charge in [0.05, 0.1) is 0 Å². The van der Waals surface area contributed by atoms with Crippen LogP contribution in [-0.2, 0) is 11.8 Å². The molecule has 3 saturated carbocycles. The van der Waals surface area contributed by atoms with E-state index in [1.165, 1.54) is 98.6 Å². The van der Waals surface area contributed by atoms with Gasteiger partial charge in [0, 0.05) is 10.7 Å². The van der Waals surface area contributed by atoms with Crippen molar-refractivity contribution < 1.29 is 0 Å². The van der Waals surface area contributed by atoms with Gasteiger partial charge in [-0.15, -0.1) is 0 Å². The first-order chi connectivity index (χ1) is 25.6. The molecule has 1 heteroatoms. The number of hydrogen-bond donors (Lipinski definition) is 0. The van der Waals surface area contributed by atoms with Gasteiger partial charge in [-0.25, -0.2) is 0 Å². The third kappa shape index (κ3) is 8.21. The molecule has 6 unspecified atom stereocenters. The fourth-order valence-electron chi connectivity index (χ4n) is 10.3. The molecule has 3 aromatic carbocycles. The van der Waals surface area contributed by atoms with Crippen molar-refractivity contribution in [2.45, 2.75) is 113 Å². The molecule has 6 atom stereocenters. The number of thioether (sulfide) groups is 1. The smallest absolute Gasteiger partial charge is 0.0479 e. The molecular formula is C51H64S. The summed E-state index contributed by atoms with van der Waals surface area (Å²) in [6.45, 7) is 10.1. The molecule has 52 heavy (non-hydrogen) atoms. The molecular weight excluding hydrogens is 645 g/mol. The normalized spacial score (nSPS) is 27.6. The minimum absolute atomic E-state index is 0.131. The number of aryl methyl sites for hydroxylation is 1. The number of benzene rings is 3. The van der Waals surface area contributed by atoms with E-state index in [0.29, 0.717) is 11.8 Å². The van der Waals surface area contributed by atoms with E-state index < -0.39 is 0 Å². The second kappa shape index (κ2) is 17.9. The van der Waals surface area contributed by atoms with Gasteiger partial charge < -0.3 is 0 Å². The molecule has 0 radical (unpaired) electrons. The first-order valence-corrected chi connectivity index (χ1v) is 22.1. The van der Waals surface area contributed by atoms with E-state index in [-0.39, 0.29) is 5.41 Å². The highest BCUT2D eigenvalue weighted by Crippen LogP contribution is 2.58. The van der Waals surface area contributed by atoms with Crippen LogP contribution in [-0.4, -0.2) is 11.0 Å². The van der Waals surface area contributed by atoms with Crippen LogP contribution in [0.5, 0.6) is 0 Å². The zero-order valence-corrected chi connectivity index (χ0v) is 32.8. The third-order valence-electron chi connectivity index (χ3n) is 14.0. The van der Waals surface area contributed by atoms with Crippen LogP contribution in [0, 0.1) is 35.5 Å². The van der Waals surface area contributed by atoms with Crippen molar-refractivity contribution in [1.82, 2.24) is 0 Å². The maximum Gasteiger partial charge on any atom is 0.0479 e. The summed E-state index contributed by atoms with van der Waals surface area (Å²) in [5.41, 5.74) is 7.35. The summed E-state index contributed by atoms with van der Waals surface area (Å²) in [4.78, 5) is 0. The van der Waals surface area contributed by atoms with Crippen molar-refractivity contribution in [3.63, 3.8) is 0 Å². The summed E-state index contributed by atoms with van der Waals surface area (Å²) >= 11 is 2.28. The summed E-state index contributed by atoms with van der Waals surface area (Å²) in [7, 11) is 0. The van der Waals surface area contributed by atoms with E-state index in [2.05, 4.69) is 135 Å². The molecule has 4 fully saturated rings. The summed E-state index contributed by atoms with van der Waals surface area (Å²) in [6, 6.07) is 31.8. The first kappa shape index (κ1) is 37.3. The Balaban J connectivity index is 1.14. The zero-order valence-electron chi connectivity index (χ0n) is 32.0. The number of hydrogen-bond acceptors (Lipinski definition) is 1. The molecule has 0 aromatic heterocycles. The molecule has 4 aliphatic rings. The summed E-state index contributed by atoms with van der Waals surface area (Å²) < 4.78 is 0. The highest BCUT2D eigenvalue weighted by molar-refractivity contribution is 8.01.